The first-order chi connectivity index (χ1) is 16.6. The van der Waals surface area contributed by atoms with E-state index in [0.29, 0.717) is 31.6 Å². The second kappa shape index (κ2) is 8.61. The minimum absolute atomic E-state index is 0.0106. The molecule has 1 heterocycles. The lowest BCUT2D eigenvalue weighted by Gasteiger charge is -2.61. The fourth-order valence-electron chi connectivity index (χ4n) is 9.37. The maximum Gasteiger partial charge on any atom is 0.163 e. The van der Waals surface area contributed by atoms with E-state index in [4.69, 9.17) is 9.47 Å². The molecule has 0 aromatic carbocycles. The van der Waals surface area contributed by atoms with Crippen molar-refractivity contribution in [1.29, 1.82) is 0 Å². The molecule has 204 valence electrons. The van der Waals surface area contributed by atoms with Gasteiger partial charge in [-0.1, -0.05) is 34.6 Å². The summed E-state index contributed by atoms with van der Waals surface area (Å²) in [5.41, 5.74) is -1.51. The number of aliphatic hydroxyl groups excluding tert-OH is 2. The van der Waals surface area contributed by atoms with Gasteiger partial charge in [-0.05, 0) is 93.6 Å². The molecule has 0 aromatic rings. The summed E-state index contributed by atoms with van der Waals surface area (Å²) in [4.78, 5) is 13.6. The SMILES string of the molecule is CC(C)CCC(O)C(C)C1CCC2(O)C3=CC(=O)C4CC5OC(C)(C)OC5CC4(C)C3C(O)CC12C. The lowest BCUT2D eigenvalue weighted by atomic mass is 9.45. The molecule has 11 unspecified atom stereocenters. The zero-order chi connectivity index (χ0) is 26.4. The summed E-state index contributed by atoms with van der Waals surface area (Å²) in [5, 5.41) is 35.2. The highest BCUT2D eigenvalue weighted by Gasteiger charge is 2.70. The Kier molecular flexibility index (Phi) is 6.41. The van der Waals surface area contributed by atoms with Gasteiger partial charge in [0.05, 0.1) is 30.0 Å². The standard InChI is InChI=1S/C30H48O6/c1-16(2)8-9-21(31)17(3)18-10-11-30(34)20-12-22(32)19-13-24-25(36-27(4,5)35-24)15-28(19,6)26(20)23(33)14-29(18,30)7/h12,16-19,21,23-26,31,33-34H,8-11,13-15H2,1-7H3. The van der Waals surface area contributed by atoms with Crippen LogP contribution in [0.2, 0.25) is 0 Å². The molecule has 5 rings (SSSR count). The van der Waals surface area contributed by atoms with Gasteiger partial charge in [0.1, 0.15) is 0 Å². The van der Waals surface area contributed by atoms with Crippen LogP contribution < -0.4 is 0 Å². The number of ketones is 1. The zero-order valence-electron chi connectivity index (χ0n) is 23.3. The third-order valence-corrected chi connectivity index (χ3v) is 11.2. The van der Waals surface area contributed by atoms with E-state index in [2.05, 4.69) is 34.6 Å². The second-order valence-electron chi connectivity index (χ2n) is 14.3. The van der Waals surface area contributed by atoms with Crippen molar-refractivity contribution in [2.24, 2.45) is 40.4 Å². The van der Waals surface area contributed by atoms with Gasteiger partial charge in [0.2, 0.25) is 0 Å². The quantitative estimate of drug-likeness (QED) is 0.514. The van der Waals surface area contributed by atoms with E-state index >= 15 is 0 Å². The summed E-state index contributed by atoms with van der Waals surface area (Å²) < 4.78 is 12.4. The molecule has 0 aromatic heterocycles. The fourth-order valence-corrected chi connectivity index (χ4v) is 9.37. The predicted molar refractivity (Wildman–Crippen MR) is 137 cm³/mol. The minimum atomic E-state index is -1.15. The Morgan fingerprint density at radius 2 is 1.72 bits per heavy atom. The molecule has 3 N–H and O–H groups in total. The van der Waals surface area contributed by atoms with Crippen molar-refractivity contribution in [1.82, 2.24) is 0 Å². The van der Waals surface area contributed by atoms with Crippen LogP contribution in [0, 0.1) is 40.4 Å². The van der Waals surface area contributed by atoms with Gasteiger partial charge in [-0.2, -0.15) is 0 Å². The highest BCUT2D eigenvalue weighted by molar-refractivity contribution is 5.95. The number of aliphatic hydroxyl groups is 3. The van der Waals surface area contributed by atoms with Gasteiger partial charge in [-0.3, -0.25) is 4.79 Å². The van der Waals surface area contributed by atoms with Gasteiger partial charge in [0.25, 0.3) is 0 Å². The average Bonchev–Trinajstić information content (AvgIpc) is 3.21. The van der Waals surface area contributed by atoms with Gasteiger partial charge < -0.3 is 24.8 Å². The Labute approximate surface area is 216 Å². The molecular weight excluding hydrogens is 456 g/mol. The van der Waals surface area contributed by atoms with E-state index in [0.717, 1.165) is 24.8 Å². The number of hydrogen-bond donors (Lipinski definition) is 3. The minimum Gasteiger partial charge on any atom is -0.393 e. The van der Waals surface area contributed by atoms with E-state index < -0.39 is 34.4 Å². The van der Waals surface area contributed by atoms with Crippen molar-refractivity contribution >= 4 is 5.78 Å². The van der Waals surface area contributed by atoms with Crippen LogP contribution in [0.4, 0.5) is 0 Å². The first-order valence-electron chi connectivity index (χ1n) is 14.3. The maximum atomic E-state index is 13.6. The molecule has 0 amide bonds. The molecular formula is C30H48O6. The van der Waals surface area contributed by atoms with Crippen molar-refractivity contribution in [2.75, 3.05) is 0 Å². The lowest BCUT2D eigenvalue weighted by molar-refractivity contribution is -0.169. The van der Waals surface area contributed by atoms with E-state index in [1.165, 1.54) is 0 Å². The Bertz CT molecular complexity index is 926. The molecule has 6 heteroatoms. The van der Waals surface area contributed by atoms with Crippen LogP contribution in [0.1, 0.15) is 93.4 Å². The highest BCUT2D eigenvalue weighted by Crippen LogP contribution is 2.68. The number of fused-ring (bicyclic) bond motifs is 6. The number of carbonyl (C=O) groups excluding carboxylic acids is 1. The van der Waals surface area contributed by atoms with Crippen LogP contribution in [-0.2, 0) is 14.3 Å². The number of ether oxygens (including phenoxy) is 2. The predicted octanol–water partition coefficient (Wildman–Crippen LogP) is 4.39. The molecule has 5 aliphatic rings. The van der Waals surface area contributed by atoms with Crippen molar-refractivity contribution in [3.8, 4) is 0 Å². The van der Waals surface area contributed by atoms with Crippen LogP contribution in [0.5, 0.6) is 0 Å². The van der Waals surface area contributed by atoms with Gasteiger partial charge in [0.15, 0.2) is 11.6 Å². The van der Waals surface area contributed by atoms with E-state index in [9.17, 15) is 20.1 Å². The van der Waals surface area contributed by atoms with Crippen LogP contribution >= 0.6 is 0 Å². The average molecular weight is 505 g/mol. The van der Waals surface area contributed by atoms with Gasteiger partial charge in [0, 0.05) is 17.3 Å². The molecule has 0 radical (unpaired) electrons. The molecule has 1 saturated heterocycles. The summed E-state index contributed by atoms with van der Waals surface area (Å²) in [7, 11) is 0. The molecule has 0 spiro atoms. The molecule has 0 bridgehead atoms. The maximum absolute atomic E-state index is 13.6. The van der Waals surface area contributed by atoms with Crippen molar-refractivity contribution in [2.45, 2.75) is 129 Å². The Hall–Kier alpha value is -0.790. The van der Waals surface area contributed by atoms with E-state index in [-0.39, 0.29) is 41.7 Å². The fraction of sp³-hybridized carbons (Fsp3) is 0.900. The number of allylic oxidation sites excluding steroid dienone is 1. The lowest BCUT2D eigenvalue weighted by Crippen LogP contribution is -2.64. The summed E-state index contributed by atoms with van der Waals surface area (Å²) >= 11 is 0. The Morgan fingerprint density at radius 1 is 1.06 bits per heavy atom. The van der Waals surface area contributed by atoms with Crippen LogP contribution in [-0.4, -0.2) is 56.9 Å². The normalized spacial score (nSPS) is 49.1. The summed E-state index contributed by atoms with van der Waals surface area (Å²) in [6.07, 6.45) is 5.14. The molecule has 4 fully saturated rings. The number of rotatable bonds is 5. The molecule has 4 aliphatic carbocycles. The largest absolute Gasteiger partial charge is 0.393 e. The highest BCUT2D eigenvalue weighted by atomic mass is 16.7. The summed E-state index contributed by atoms with van der Waals surface area (Å²) in [6.45, 7) is 14.5. The summed E-state index contributed by atoms with van der Waals surface area (Å²) in [6, 6.07) is 0. The van der Waals surface area contributed by atoms with Gasteiger partial charge in [-0.25, -0.2) is 0 Å². The topological polar surface area (TPSA) is 96.2 Å². The molecule has 11 atom stereocenters. The number of carbonyl (C=O) groups is 1. The van der Waals surface area contributed by atoms with Crippen molar-refractivity contribution in [3.05, 3.63) is 11.6 Å². The van der Waals surface area contributed by atoms with Crippen molar-refractivity contribution in [3.63, 3.8) is 0 Å². The van der Waals surface area contributed by atoms with Crippen LogP contribution in [0.25, 0.3) is 0 Å². The van der Waals surface area contributed by atoms with Gasteiger partial charge in [-0.15, -0.1) is 0 Å². The monoisotopic (exact) mass is 504 g/mol. The third-order valence-electron chi connectivity index (χ3n) is 11.2. The third kappa shape index (κ3) is 3.80. The van der Waals surface area contributed by atoms with Crippen LogP contribution in [0.15, 0.2) is 11.6 Å². The second-order valence-corrected chi connectivity index (χ2v) is 14.3. The molecule has 3 saturated carbocycles. The first kappa shape index (κ1) is 26.8. The Balaban J connectivity index is 1.47. The van der Waals surface area contributed by atoms with Crippen LogP contribution in [0.3, 0.4) is 0 Å². The molecule has 1 aliphatic heterocycles. The Morgan fingerprint density at radius 3 is 2.39 bits per heavy atom. The van der Waals surface area contributed by atoms with E-state index in [1.807, 2.05) is 13.8 Å². The van der Waals surface area contributed by atoms with Crippen molar-refractivity contribution < 1.29 is 29.6 Å². The van der Waals surface area contributed by atoms with E-state index in [1.54, 1.807) is 6.08 Å². The number of hydrogen-bond acceptors (Lipinski definition) is 6. The van der Waals surface area contributed by atoms with Gasteiger partial charge >= 0.3 is 0 Å². The first-order valence-corrected chi connectivity index (χ1v) is 14.3. The molecule has 6 nitrogen and oxygen atoms in total. The summed E-state index contributed by atoms with van der Waals surface area (Å²) in [5.74, 6) is -0.545. The molecule has 36 heavy (non-hydrogen) atoms. The zero-order valence-corrected chi connectivity index (χ0v) is 23.3. The smallest absolute Gasteiger partial charge is 0.163 e.